The number of hydrogen-bond acceptors (Lipinski definition) is 4. The van der Waals surface area contributed by atoms with Crippen molar-refractivity contribution in [1.82, 2.24) is 9.88 Å². The van der Waals surface area contributed by atoms with Crippen molar-refractivity contribution in [2.45, 2.75) is 6.92 Å². The number of rotatable bonds is 4. The van der Waals surface area contributed by atoms with Crippen molar-refractivity contribution < 1.29 is 10.0 Å². The van der Waals surface area contributed by atoms with E-state index in [9.17, 15) is 4.79 Å². The van der Waals surface area contributed by atoms with E-state index in [1.807, 2.05) is 0 Å². The maximum Gasteiger partial charge on any atom is 0.272 e. The summed E-state index contributed by atoms with van der Waals surface area (Å²) in [5.41, 5.74) is 5.83. The zero-order valence-electron chi connectivity index (χ0n) is 9.87. The summed E-state index contributed by atoms with van der Waals surface area (Å²) in [6, 6.07) is 5.14. The minimum Gasteiger partial charge on any atom is -0.409 e. The van der Waals surface area contributed by atoms with E-state index in [2.05, 4.69) is 10.1 Å². The Kier molecular flexibility index (Phi) is 4.45. The Morgan fingerprint density at radius 2 is 2.35 bits per heavy atom. The number of amides is 1. The van der Waals surface area contributed by atoms with Gasteiger partial charge in [-0.05, 0) is 12.1 Å². The Labute approximate surface area is 99.7 Å². The average molecular weight is 236 g/mol. The number of aromatic nitrogens is 1. The van der Waals surface area contributed by atoms with Gasteiger partial charge in [0, 0.05) is 25.7 Å². The van der Waals surface area contributed by atoms with E-state index in [-0.39, 0.29) is 17.7 Å². The maximum absolute atomic E-state index is 11.9. The van der Waals surface area contributed by atoms with Gasteiger partial charge in [-0.15, -0.1) is 0 Å². The molecule has 92 valence electrons. The smallest absolute Gasteiger partial charge is 0.272 e. The molecule has 0 saturated carbocycles. The molecule has 1 aromatic heterocycles. The Morgan fingerprint density at radius 1 is 1.65 bits per heavy atom. The van der Waals surface area contributed by atoms with Crippen LogP contribution in [0.3, 0.4) is 0 Å². The van der Waals surface area contributed by atoms with Crippen molar-refractivity contribution in [1.29, 1.82) is 0 Å². The summed E-state index contributed by atoms with van der Waals surface area (Å²) in [5.74, 6) is -0.300. The Hall–Kier alpha value is -2.11. The molecule has 0 aliphatic heterocycles. The van der Waals surface area contributed by atoms with E-state index in [0.29, 0.717) is 12.2 Å². The van der Waals surface area contributed by atoms with Crippen LogP contribution < -0.4 is 5.73 Å². The van der Waals surface area contributed by atoms with E-state index < -0.39 is 0 Å². The summed E-state index contributed by atoms with van der Waals surface area (Å²) >= 11 is 0. The largest absolute Gasteiger partial charge is 0.409 e. The third-order valence-electron chi connectivity index (χ3n) is 2.40. The molecule has 6 heteroatoms. The number of carbonyl (C=O) groups excluding carboxylic acids is 1. The number of nitrogens with two attached hydrogens (primary N) is 1. The zero-order valence-corrected chi connectivity index (χ0v) is 9.87. The molecule has 1 unspecified atom stereocenters. The van der Waals surface area contributed by atoms with E-state index in [1.54, 1.807) is 38.4 Å². The lowest BCUT2D eigenvalue weighted by atomic mass is 10.1. The van der Waals surface area contributed by atoms with Crippen molar-refractivity contribution in [3.05, 3.63) is 30.1 Å². The summed E-state index contributed by atoms with van der Waals surface area (Å²) < 4.78 is 0. The number of hydrogen-bond donors (Lipinski definition) is 2. The van der Waals surface area contributed by atoms with E-state index in [0.717, 1.165) is 0 Å². The molecule has 1 aromatic rings. The molecule has 0 saturated heterocycles. The molecule has 0 radical (unpaired) electrons. The van der Waals surface area contributed by atoms with Crippen LogP contribution in [0.1, 0.15) is 17.4 Å². The predicted octanol–water partition coefficient (Wildman–Crippen LogP) is 0.536. The molecule has 1 atom stereocenters. The lowest BCUT2D eigenvalue weighted by Gasteiger charge is -2.20. The molecule has 0 bridgehead atoms. The molecule has 0 fully saturated rings. The molecule has 1 heterocycles. The zero-order chi connectivity index (χ0) is 12.8. The molecule has 3 N–H and O–H groups in total. The molecule has 6 nitrogen and oxygen atoms in total. The highest BCUT2D eigenvalue weighted by molar-refractivity contribution is 5.92. The normalized spacial score (nSPS) is 13.2. The first-order valence-corrected chi connectivity index (χ1v) is 5.20. The molecule has 0 spiro atoms. The van der Waals surface area contributed by atoms with Gasteiger partial charge in [0.25, 0.3) is 5.91 Å². The molecule has 0 aromatic carbocycles. The van der Waals surface area contributed by atoms with Crippen molar-refractivity contribution in [3.63, 3.8) is 0 Å². The van der Waals surface area contributed by atoms with Crippen LogP contribution in [0, 0.1) is 5.92 Å². The Balaban J connectivity index is 2.66. The fraction of sp³-hybridized carbons (Fsp3) is 0.364. The van der Waals surface area contributed by atoms with Crippen LogP contribution in [0.2, 0.25) is 0 Å². The molecular weight excluding hydrogens is 220 g/mol. The molecule has 1 rings (SSSR count). The first-order valence-electron chi connectivity index (χ1n) is 5.20. The number of carbonyl (C=O) groups is 1. The lowest BCUT2D eigenvalue weighted by molar-refractivity contribution is 0.0780. The minimum atomic E-state index is -0.210. The molecule has 1 amide bonds. The lowest BCUT2D eigenvalue weighted by Crippen LogP contribution is -2.36. The van der Waals surface area contributed by atoms with Crippen LogP contribution in [-0.4, -0.2) is 40.4 Å². The summed E-state index contributed by atoms with van der Waals surface area (Å²) in [5, 5.41) is 11.4. The van der Waals surface area contributed by atoms with E-state index in [4.69, 9.17) is 10.9 Å². The minimum absolute atomic E-state index is 0.102. The Morgan fingerprint density at radius 3 is 2.88 bits per heavy atom. The molecular formula is C11H16N4O2. The number of nitrogens with zero attached hydrogens (tertiary/aromatic N) is 3. The van der Waals surface area contributed by atoms with E-state index >= 15 is 0 Å². The third kappa shape index (κ3) is 3.44. The van der Waals surface area contributed by atoms with Gasteiger partial charge >= 0.3 is 0 Å². The van der Waals surface area contributed by atoms with Crippen LogP contribution in [-0.2, 0) is 0 Å². The van der Waals surface area contributed by atoms with Crippen LogP contribution in [0.25, 0.3) is 0 Å². The maximum atomic E-state index is 11.9. The Bertz CT molecular complexity index is 405. The van der Waals surface area contributed by atoms with Crippen LogP contribution >= 0.6 is 0 Å². The van der Waals surface area contributed by atoms with Gasteiger partial charge in [0.15, 0.2) is 0 Å². The summed E-state index contributed by atoms with van der Waals surface area (Å²) in [4.78, 5) is 17.4. The molecule has 0 aliphatic carbocycles. The monoisotopic (exact) mass is 236 g/mol. The van der Waals surface area contributed by atoms with Gasteiger partial charge in [0.2, 0.25) is 0 Å². The number of amidine groups is 1. The second kappa shape index (κ2) is 5.83. The highest BCUT2D eigenvalue weighted by atomic mass is 16.4. The van der Waals surface area contributed by atoms with E-state index in [1.165, 1.54) is 4.90 Å². The molecule has 17 heavy (non-hydrogen) atoms. The van der Waals surface area contributed by atoms with Crippen molar-refractivity contribution in [3.8, 4) is 0 Å². The molecule has 0 aliphatic rings. The van der Waals surface area contributed by atoms with Gasteiger partial charge in [-0.25, -0.2) is 0 Å². The SMILES string of the molecule is CC(CN(C)C(=O)c1ccccn1)/C(N)=N/O. The fourth-order valence-electron chi connectivity index (χ4n) is 1.37. The topological polar surface area (TPSA) is 91.8 Å². The number of oxime groups is 1. The summed E-state index contributed by atoms with van der Waals surface area (Å²) in [6.45, 7) is 2.14. The van der Waals surface area contributed by atoms with Gasteiger partial charge in [0.1, 0.15) is 11.5 Å². The van der Waals surface area contributed by atoms with Crippen LogP contribution in [0.15, 0.2) is 29.6 Å². The van der Waals surface area contributed by atoms with Crippen molar-refractivity contribution in [2.75, 3.05) is 13.6 Å². The fourth-order valence-corrected chi connectivity index (χ4v) is 1.37. The predicted molar refractivity (Wildman–Crippen MR) is 63.8 cm³/mol. The highest BCUT2D eigenvalue weighted by Gasteiger charge is 2.17. The summed E-state index contributed by atoms with van der Waals surface area (Å²) in [7, 11) is 1.65. The second-order valence-corrected chi connectivity index (χ2v) is 3.83. The van der Waals surface area contributed by atoms with Crippen LogP contribution in [0.4, 0.5) is 0 Å². The third-order valence-corrected chi connectivity index (χ3v) is 2.40. The number of pyridine rings is 1. The van der Waals surface area contributed by atoms with Gasteiger partial charge < -0.3 is 15.8 Å². The van der Waals surface area contributed by atoms with Crippen LogP contribution in [0.5, 0.6) is 0 Å². The van der Waals surface area contributed by atoms with Gasteiger partial charge in [-0.3, -0.25) is 9.78 Å². The average Bonchev–Trinajstić information content (AvgIpc) is 2.37. The van der Waals surface area contributed by atoms with Gasteiger partial charge in [0.05, 0.1) is 0 Å². The second-order valence-electron chi connectivity index (χ2n) is 3.83. The quantitative estimate of drug-likeness (QED) is 0.345. The highest BCUT2D eigenvalue weighted by Crippen LogP contribution is 2.03. The van der Waals surface area contributed by atoms with Crippen molar-refractivity contribution >= 4 is 11.7 Å². The summed E-state index contributed by atoms with van der Waals surface area (Å²) in [6.07, 6.45) is 1.56. The van der Waals surface area contributed by atoms with Gasteiger partial charge in [-0.2, -0.15) is 0 Å². The van der Waals surface area contributed by atoms with Crippen molar-refractivity contribution in [2.24, 2.45) is 16.8 Å². The standard InChI is InChI=1S/C11H16N4O2/c1-8(10(12)14-17)7-15(2)11(16)9-5-3-4-6-13-9/h3-6,8,17H,7H2,1-2H3,(H2,12,14). The first-order chi connectivity index (χ1) is 8.06. The van der Waals surface area contributed by atoms with Gasteiger partial charge in [-0.1, -0.05) is 18.1 Å². The first kappa shape index (κ1) is 13.0.